The van der Waals surface area contributed by atoms with Crippen molar-refractivity contribution >= 4 is 11.7 Å². The fraction of sp³-hybridized carbons (Fsp3) is 0.444. The molecule has 3 rings (SSSR count). The van der Waals surface area contributed by atoms with E-state index < -0.39 is 0 Å². The number of pyridine rings is 1. The van der Waals surface area contributed by atoms with Crippen LogP contribution in [0.15, 0.2) is 29.6 Å². The number of nitrogens with one attached hydrogen (secondary N) is 2. The van der Waals surface area contributed by atoms with E-state index in [4.69, 9.17) is 4.74 Å². The van der Waals surface area contributed by atoms with Crippen molar-refractivity contribution in [3.8, 4) is 5.75 Å². The summed E-state index contributed by atoms with van der Waals surface area (Å²) >= 11 is 0. The van der Waals surface area contributed by atoms with Crippen LogP contribution in [0.1, 0.15) is 35.2 Å². The van der Waals surface area contributed by atoms with Gasteiger partial charge in [0.2, 0.25) is 0 Å². The van der Waals surface area contributed by atoms with Gasteiger partial charge in [-0.1, -0.05) is 0 Å². The third-order valence-electron chi connectivity index (χ3n) is 4.58. The van der Waals surface area contributed by atoms with E-state index in [9.17, 15) is 9.59 Å². The number of hydrogen-bond acceptors (Lipinski definition) is 6. The molecule has 26 heavy (non-hydrogen) atoms. The van der Waals surface area contributed by atoms with E-state index in [1.54, 1.807) is 32.5 Å². The van der Waals surface area contributed by atoms with Crippen LogP contribution < -0.4 is 20.5 Å². The van der Waals surface area contributed by atoms with Gasteiger partial charge in [-0.3, -0.25) is 9.59 Å². The van der Waals surface area contributed by atoms with Crippen molar-refractivity contribution < 1.29 is 9.53 Å². The summed E-state index contributed by atoms with van der Waals surface area (Å²) in [4.78, 5) is 37.6. The van der Waals surface area contributed by atoms with Crippen LogP contribution in [-0.4, -0.2) is 47.1 Å². The normalized spacial score (nSPS) is 17.5. The smallest absolute Gasteiger partial charge is 0.261 e. The van der Waals surface area contributed by atoms with Gasteiger partial charge in [-0.15, -0.1) is 0 Å². The standard InChI is InChI=1S/C18H23N5O3/c1-12-6-7-20-17(24)15(12)18(25)22-13-5-3-4-8-23(10-13)16-14(26-2)9-19-11-21-16/h6-7,9,11,13H,3-5,8,10H2,1-2H3,(H,20,24)(H,22,25). The van der Waals surface area contributed by atoms with Crippen LogP contribution in [0, 0.1) is 6.92 Å². The Morgan fingerprint density at radius 1 is 1.42 bits per heavy atom. The summed E-state index contributed by atoms with van der Waals surface area (Å²) < 4.78 is 5.36. The topological polar surface area (TPSA) is 100 Å². The molecular formula is C18H23N5O3. The molecule has 2 N–H and O–H groups in total. The number of aryl methyl sites for hydroxylation is 1. The molecular weight excluding hydrogens is 334 g/mol. The van der Waals surface area contributed by atoms with E-state index in [1.807, 2.05) is 0 Å². The Bertz CT molecular complexity index is 836. The number of aromatic nitrogens is 3. The van der Waals surface area contributed by atoms with Gasteiger partial charge in [0.15, 0.2) is 11.6 Å². The number of carbonyl (C=O) groups excluding carboxylic acids is 1. The zero-order valence-electron chi connectivity index (χ0n) is 15.0. The zero-order valence-corrected chi connectivity index (χ0v) is 15.0. The molecule has 1 amide bonds. The molecule has 1 atom stereocenters. The number of nitrogens with zero attached hydrogens (tertiary/aromatic N) is 3. The van der Waals surface area contributed by atoms with Crippen LogP contribution >= 0.6 is 0 Å². The van der Waals surface area contributed by atoms with Gasteiger partial charge in [0.25, 0.3) is 11.5 Å². The molecule has 0 radical (unpaired) electrons. The molecule has 8 nitrogen and oxygen atoms in total. The maximum atomic E-state index is 12.6. The molecule has 3 heterocycles. The van der Waals surface area contributed by atoms with Gasteiger partial charge in [-0.05, 0) is 37.8 Å². The van der Waals surface area contributed by atoms with E-state index >= 15 is 0 Å². The number of rotatable bonds is 4. The van der Waals surface area contributed by atoms with Crippen molar-refractivity contribution in [1.82, 2.24) is 20.3 Å². The summed E-state index contributed by atoms with van der Waals surface area (Å²) in [6.07, 6.45) is 7.49. The lowest BCUT2D eigenvalue weighted by molar-refractivity contribution is 0.0934. The summed E-state index contributed by atoms with van der Waals surface area (Å²) in [5.74, 6) is 0.984. The fourth-order valence-corrected chi connectivity index (χ4v) is 3.26. The number of ether oxygens (including phenoxy) is 1. The Hall–Kier alpha value is -2.90. The highest BCUT2D eigenvalue weighted by Gasteiger charge is 2.24. The SMILES string of the molecule is COc1cncnc1N1CCCCC(NC(=O)c2c(C)cc[nH]c2=O)C1. The summed E-state index contributed by atoms with van der Waals surface area (Å²) in [6.45, 7) is 3.18. The van der Waals surface area contributed by atoms with Gasteiger partial charge in [-0.25, -0.2) is 9.97 Å². The van der Waals surface area contributed by atoms with Crippen molar-refractivity contribution in [2.45, 2.75) is 32.2 Å². The van der Waals surface area contributed by atoms with Crippen LogP contribution in [-0.2, 0) is 0 Å². The van der Waals surface area contributed by atoms with Gasteiger partial charge >= 0.3 is 0 Å². The number of H-pyrrole nitrogens is 1. The minimum absolute atomic E-state index is 0.0799. The lowest BCUT2D eigenvalue weighted by Gasteiger charge is -2.27. The van der Waals surface area contributed by atoms with Crippen LogP contribution in [0.4, 0.5) is 5.82 Å². The van der Waals surface area contributed by atoms with E-state index in [0.717, 1.165) is 31.6 Å². The van der Waals surface area contributed by atoms with Crippen molar-refractivity contribution in [3.63, 3.8) is 0 Å². The van der Waals surface area contributed by atoms with Gasteiger partial charge in [0.05, 0.1) is 13.3 Å². The average Bonchev–Trinajstić information content (AvgIpc) is 2.87. The van der Waals surface area contributed by atoms with Gasteiger partial charge in [0.1, 0.15) is 11.9 Å². The van der Waals surface area contributed by atoms with Gasteiger partial charge < -0.3 is 19.9 Å². The predicted octanol–water partition coefficient (Wildman–Crippen LogP) is 1.27. The maximum Gasteiger partial charge on any atom is 0.261 e. The number of hydrogen-bond donors (Lipinski definition) is 2. The summed E-state index contributed by atoms with van der Waals surface area (Å²) in [7, 11) is 1.59. The quantitative estimate of drug-likeness (QED) is 0.855. The minimum Gasteiger partial charge on any atom is -0.491 e. The van der Waals surface area contributed by atoms with E-state index in [1.165, 1.54) is 6.33 Å². The van der Waals surface area contributed by atoms with E-state index in [0.29, 0.717) is 17.9 Å². The van der Waals surface area contributed by atoms with Crippen LogP contribution in [0.25, 0.3) is 0 Å². The molecule has 1 aliphatic rings. The first kappa shape index (κ1) is 17.9. The molecule has 0 spiro atoms. The Morgan fingerprint density at radius 2 is 2.27 bits per heavy atom. The van der Waals surface area contributed by atoms with Gasteiger partial charge in [-0.2, -0.15) is 0 Å². The van der Waals surface area contributed by atoms with Gasteiger partial charge in [0, 0.05) is 25.3 Å². The Morgan fingerprint density at radius 3 is 3.04 bits per heavy atom. The highest BCUT2D eigenvalue weighted by molar-refractivity contribution is 5.95. The number of anilines is 1. The molecule has 0 saturated carbocycles. The second-order valence-electron chi connectivity index (χ2n) is 6.39. The van der Waals surface area contributed by atoms with Crippen molar-refractivity contribution in [2.75, 3.05) is 25.1 Å². The Labute approximate surface area is 151 Å². The second-order valence-corrected chi connectivity index (χ2v) is 6.39. The largest absolute Gasteiger partial charge is 0.491 e. The summed E-state index contributed by atoms with van der Waals surface area (Å²) in [6, 6.07) is 1.64. The Balaban J connectivity index is 1.78. The molecule has 2 aromatic rings. The van der Waals surface area contributed by atoms with E-state index in [-0.39, 0.29) is 23.1 Å². The van der Waals surface area contributed by atoms with Crippen molar-refractivity contribution in [1.29, 1.82) is 0 Å². The van der Waals surface area contributed by atoms with Crippen molar-refractivity contribution in [3.05, 3.63) is 46.3 Å². The number of carbonyl (C=O) groups is 1. The summed E-state index contributed by atoms with van der Waals surface area (Å²) in [5.41, 5.74) is 0.461. The molecule has 0 aliphatic carbocycles. The molecule has 8 heteroatoms. The highest BCUT2D eigenvalue weighted by Crippen LogP contribution is 2.26. The Kier molecular flexibility index (Phi) is 5.50. The number of aromatic amines is 1. The molecule has 138 valence electrons. The monoisotopic (exact) mass is 357 g/mol. The predicted molar refractivity (Wildman–Crippen MR) is 97.7 cm³/mol. The lowest BCUT2D eigenvalue weighted by atomic mass is 10.1. The molecule has 0 bridgehead atoms. The lowest BCUT2D eigenvalue weighted by Crippen LogP contribution is -2.44. The molecule has 1 fully saturated rings. The second kappa shape index (κ2) is 7.99. The maximum absolute atomic E-state index is 12.6. The zero-order chi connectivity index (χ0) is 18.5. The first-order chi connectivity index (χ1) is 12.6. The first-order valence-electron chi connectivity index (χ1n) is 8.68. The van der Waals surface area contributed by atoms with Crippen LogP contribution in [0.5, 0.6) is 5.75 Å². The highest BCUT2D eigenvalue weighted by atomic mass is 16.5. The van der Waals surface area contributed by atoms with Crippen LogP contribution in [0.2, 0.25) is 0 Å². The third kappa shape index (κ3) is 3.84. The third-order valence-corrected chi connectivity index (χ3v) is 4.58. The minimum atomic E-state index is -0.370. The summed E-state index contributed by atoms with van der Waals surface area (Å²) in [5, 5.41) is 3.01. The first-order valence-corrected chi connectivity index (χ1v) is 8.68. The van der Waals surface area contributed by atoms with Crippen LogP contribution in [0.3, 0.4) is 0 Å². The molecule has 1 saturated heterocycles. The number of amides is 1. The molecule has 2 aromatic heterocycles. The fourth-order valence-electron chi connectivity index (χ4n) is 3.26. The molecule has 1 unspecified atom stereocenters. The van der Waals surface area contributed by atoms with Crippen molar-refractivity contribution in [2.24, 2.45) is 0 Å². The molecule has 0 aromatic carbocycles. The average molecular weight is 357 g/mol. The number of methoxy groups -OCH3 is 1. The van der Waals surface area contributed by atoms with E-state index in [2.05, 4.69) is 25.2 Å². The molecule has 1 aliphatic heterocycles.